The van der Waals surface area contributed by atoms with Crippen LogP contribution in [0.15, 0.2) is 18.2 Å². The molecule has 2 aromatic rings. The molecule has 3 N–H and O–H groups in total. The van der Waals surface area contributed by atoms with E-state index < -0.39 is 39.9 Å². The predicted octanol–water partition coefficient (Wildman–Crippen LogP) is 1.30. The van der Waals surface area contributed by atoms with Gasteiger partial charge in [0.1, 0.15) is 18.0 Å². The summed E-state index contributed by atoms with van der Waals surface area (Å²) in [5.41, 5.74) is 0.535. The molecule has 0 atom stereocenters. The number of phenols is 1. The van der Waals surface area contributed by atoms with Crippen LogP contribution in [0, 0.1) is 11.7 Å². The highest BCUT2D eigenvalue weighted by atomic mass is 32.2. The molecule has 0 saturated carbocycles. The van der Waals surface area contributed by atoms with E-state index in [4.69, 9.17) is 0 Å². The van der Waals surface area contributed by atoms with Gasteiger partial charge in [0.15, 0.2) is 5.82 Å². The number of carbonyl (C=O) groups is 1. The van der Waals surface area contributed by atoms with Gasteiger partial charge in [-0.1, -0.05) is 13.8 Å². The van der Waals surface area contributed by atoms with Crippen molar-refractivity contribution in [2.45, 2.75) is 20.3 Å². The number of aromatic nitrogens is 2. The van der Waals surface area contributed by atoms with Crippen LogP contribution in [0.5, 0.6) is 5.75 Å². The van der Waals surface area contributed by atoms with Gasteiger partial charge in [0, 0.05) is 11.3 Å². The SMILES string of the molecule is CC(C)Cc1cc(-c2ccc(O)c(N3CC(=O)NS3(=O)=O)c2F)n[nH]1. The molecule has 1 aliphatic rings. The number of nitrogens with one attached hydrogen (secondary N) is 2. The molecule has 0 spiro atoms. The summed E-state index contributed by atoms with van der Waals surface area (Å²) in [6, 6.07) is 4.14. The molecule has 0 unspecified atom stereocenters. The Morgan fingerprint density at radius 3 is 2.72 bits per heavy atom. The van der Waals surface area contributed by atoms with E-state index >= 15 is 0 Å². The van der Waals surface area contributed by atoms with Crippen molar-refractivity contribution in [2.24, 2.45) is 5.92 Å². The number of aromatic hydroxyl groups is 1. The lowest BCUT2D eigenvalue weighted by Gasteiger charge is -2.18. The Labute approximate surface area is 143 Å². The maximum atomic E-state index is 15.0. The lowest BCUT2D eigenvalue weighted by Crippen LogP contribution is -2.30. The first kappa shape index (κ1) is 17.2. The number of nitrogens with zero attached hydrogens (tertiary/aromatic N) is 2. The summed E-state index contributed by atoms with van der Waals surface area (Å²) in [5, 5.41) is 16.8. The summed E-state index contributed by atoms with van der Waals surface area (Å²) in [7, 11) is -4.24. The first-order chi connectivity index (χ1) is 11.7. The lowest BCUT2D eigenvalue weighted by molar-refractivity contribution is -0.117. The van der Waals surface area contributed by atoms with Crippen LogP contribution in [0.1, 0.15) is 19.5 Å². The maximum Gasteiger partial charge on any atom is 0.326 e. The Kier molecular flexibility index (Phi) is 4.15. The normalized spacial score (nSPS) is 16.5. The van der Waals surface area contributed by atoms with E-state index in [1.807, 2.05) is 13.8 Å². The van der Waals surface area contributed by atoms with Crippen molar-refractivity contribution in [3.05, 3.63) is 29.7 Å². The zero-order valence-corrected chi connectivity index (χ0v) is 14.4. The number of carbonyl (C=O) groups excluding carboxylic acids is 1. The molecule has 1 fully saturated rings. The summed E-state index contributed by atoms with van der Waals surface area (Å²) in [6.45, 7) is 3.46. The minimum absolute atomic E-state index is 0.0219. The second-order valence-electron chi connectivity index (χ2n) is 6.21. The minimum atomic E-state index is -4.24. The number of anilines is 1. The van der Waals surface area contributed by atoms with E-state index in [0.29, 0.717) is 10.2 Å². The Morgan fingerprint density at radius 2 is 2.12 bits per heavy atom. The standard InChI is InChI=1S/C15H17FN4O4S/c1-8(2)5-9-6-11(18-17-9)10-3-4-12(21)15(14(10)16)20-7-13(22)19-25(20,23)24/h3-4,6,8,21H,5,7H2,1-2H3,(H,17,18)(H,19,22). The van der Waals surface area contributed by atoms with Gasteiger partial charge in [0.25, 0.3) is 5.91 Å². The average Bonchev–Trinajstić information content (AvgIpc) is 3.03. The smallest absolute Gasteiger partial charge is 0.326 e. The van der Waals surface area contributed by atoms with Crippen molar-refractivity contribution in [1.82, 2.24) is 14.9 Å². The molecule has 1 aromatic heterocycles. The highest BCUT2D eigenvalue weighted by Gasteiger charge is 2.38. The fourth-order valence-corrected chi connectivity index (χ4v) is 3.84. The molecule has 25 heavy (non-hydrogen) atoms. The molecule has 1 saturated heterocycles. The molecule has 10 heteroatoms. The van der Waals surface area contributed by atoms with E-state index in [1.165, 1.54) is 12.1 Å². The zero-order valence-electron chi connectivity index (χ0n) is 13.6. The fourth-order valence-electron chi connectivity index (χ4n) is 2.68. The first-order valence-corrected chi connectivity index (χ1v) is 9.02. The van der Waals surface area contributed by atoms with E-state index in [0.717, 1.165) is 12.1 Å². The minimum Gasteiger partial charge on any atom is -0.506 e. The van der Waals surface area contributed by atoms with Crippen molar-refractivity contribution < 1.29 is 22.7 Å². The summed E-state index contributed by atoms with van der Waals surface area (Å²) < 4.78 is 41.1. The van der Waals surface area contributed by atoms with E-state index in [9.17, 15) is 22.7 Å². The number of hydrogen-bond acceptors (Lipinski definition) is 5. The number of benzene rings is 1. The monoisotopic (exact) mass is 368 g/mol. The van der Waals surface area contributed by atoms with Gasteiger partial charge in [-0.2, -0.15) is 13.5 Å². The van der Waals surface area contributed by atoms with Gasteiger partial charge in [-0.25, -0.2) is 13.4 Å². The number of aromatic amines is 1. The molecule has 1 aromatic carbocycles. The summed E-state index contributed by atoms with van der Waals surface area (Å²) in [4.78, 5) is 11.4. The van der Waals surface area contributed by atoms with Crippen molar-refractivity contribution in [1.29, 1.82) is 0 Å². The van der Waals surface area contributed by atoms with Gasteiger partial charge in [0.05, 0.1) is 5.69 Å². The number of hydrogen-bond donors (Lipinski definition) is 3. The number of halogens is 1. The summed E-state index contributed by atoms with van der Waals surface area (Å²) >= 11 is 0. The number of phenolic OH excluding ortho intramolecular Hbond substituents is 1. The first-order valence-electron chi connectivity index (χ1n) is 7.58. The van der Waals surface area contributed by atoms with Crippen LogP contribution in [0.3, 0.4) is 0 Å². The Morgan fingerprint density at radius 1 is 1.40 bits per heavy atom. The van der Waals surface area contributed by atoms with E-state index in [2.05, 4.69) is 10.2 Å². The van der Waals surface area contributed by atoms with Crippen molar-refractivity contribution in [2.75, 3.05) is 10.8 Å². The molecule has 0 bridgehead atoms. The van der Waals surface area contributed by atoms with Crippen molar-refractivity contribution in [3.8, 4) is 17.0 Å². The predicted molar refractivity (Wildman–Crippen MR) is 88.6 cm³/mol. The van der Waals surface area contributed by atoms with Gasteiger partial charge in [-0.3, -0.25) is 9.89 Å². The van der Waals surface area contributed by atoms with Crippen LogP contribution in [-0.2, 0) is 21.4 Å². The molecule has 134 valence electrons. The summed E-state index contributed by atoms with van der Waals surface area (Å²) in [6.07, 6.45) is 0.721. The van der Waals surface area contributed by atoms with Gasteiger partial charge in [-0.05, 0) is 30.5 Å². The fraction of sp³-hybridized carbons (Fsp3) is 0.333. The molecular formula is C15H17FN4O4S. The second-order valence-corrected chi connectivity index (χ2v) is 7.80. The lowest BCUT2D eigenvalue weighted by atomic mass is 10.1. The summed E-state index contributed by atoms with van der Waals surface area (Å²) in [5.74, 6) is -1.98. The molecule has 2 heterocycles. The third-order valence-electron chi connectivity index (χ3n) is 3.70. The maximum absolute atomic E-state index is 15.0. The molecule has 8 nitrogen and oxygen atoms in total. The Bertz CT molecular complexity index is 939. The van der Waals surface area contributed by atoms with Gasteiger partial charge >= 0.3 is 10.2 Å². The average molecular weight is 368 g/mol. The van der Waals surface area contributed by atoms with Gasteiger partial charge < -0.3 is 5.11 Å². The highest BCUT2D eigenvalue weighted by molar-refractivity contribution is 7.92. The second kappa shape index (κ2) is 6.03. The Hall–Kier alpha value is -2.62. The van der Waals surface area contributed by atoms with Crippen LogP contribution >= 0.6 is 0 Å². The van der Waals surface area contributed by atoms with E-state index in [1.54, 1.807) is 10.8 Å². The highest BCUT2D eigenvalue weighted by Crippen LogP contribution is 2.38. The molecule has 1 amide bonds. The third-order valence-corrected chi connectivity index (χ3v) is 5.08. The van der Waals surface area contributed by atoms with Crippen molar-refractivity contribution >= 4 is 21.8 Å². The number of amides is 1. The molecular weight excluding hydrogens is 351 g/mol. The molecule has 0 aliphatic carbocycles. The Balaban J connectivity index is 2.07. The zero-order chi connectivity index (χ0) is 18.4. The number of rotatable bonds is 4. The number of H-pyrrole nitrogens is 1. The largest absolute Gasteiger partial charge is 0.506 e. The molecule has 3 rings (SSSR count). The van der Waals surface area contributed by atoms with Crippen molar-refractivity contribution in [3.63, 3.8) is 0 Å². The van der Waals surface area contributed by atoms with Gasteiger partial charge in [-0.15, -0.1) is 0 Å². The topological polar surface area (TPSA) is 115 Å². The van der Waals surface area contributed by atoms with Crippen LogP contribution < -0.4 is 9.03 Å². The van der Waals surface area contributed by atoms with Crippen LogP contribution in [-0.4, -0.2) is 36.2 Å². The van der Waals surface area contributed by atoms with Crippen LogP contribution in [0.2, 0.25) is 0 Å². The van der Waals surface area contributed by atoms with Crippen LogP contribution in [0.4, 0.5) is 10.1 Å². The van der Waals surface area contributed by atoms with Gasteiger partial charge in [0.2, 0.25) is 0 Å². The molecule has 0 radical (unpaired) electrons. The molecule has 1 aliphatic heterocycles. The quantitative estimate of drug-likeness (QED) is 0.752. The third kappa shape index (κ3) is 3.16. The van der Waals surface area contributed by atoms with Crippen LogP contribution in [0.25, 0.3) is 11.3 Å². The van der Waals surface area contributed by atoms with E-state index in [-0.39, 0.29) is 11.3 Å².